The summed E-state index contributed by atoms with van der Waals surface area (Å²) >= 11 is 1.70. The maximum Gasteiger partial charge on any atom is 0.196 e. The van der Waals surface area contributed by atoms with E-state index in [-0.39, 0.29) is 24.0 Å². The Bertz CT molecular complexity index is 963. The maximum atomic E-state index is 5.37. The van der Waals surface area contributed by atoms with Crippen LogP contribution < -0.4 is 20.1 Å². The number of thiazole rings is 1. The molecule has 8 heteroatoms. The summed E-state index contributed by atoms with van der Waals surface area (Å²) in [6, 6.07) is 16.2. The lowest BCUT2D eigenvalue weighted by molar-refractivity contribution is 0.355. The predicted molar refractivity (Wildman–Crippen MR) is 139 cm³/mol. The predicted octanol–water partition coefficient (Wildman–Crippen LogP) is 5.14. The molecule has 2 N–H and O–H groups in total. The van der Waals surface area contributed by atoms with Crippen molar-refractivity contribution in [1.82, 2.24) is 10.3 Å². The molecule has 0 atom stereocenters. The van der Waals surface area contributed by atoms with E-state index in [2.05, 4.69) is 45.3 Å². The van der Waals surface area contributed by atoms with Gasteiger partial charge in [-0.25, -0.2) is 9.98 Å². The number of hydrogen-bond donors (Lipinski definition) is 2. The highest BCUT2D eigenvalue weighted by Crippen LogP contribution is 2.29. The summed E-state index contributed by atoms with van der Waals surface area (Å²) in [5.41, 5.74) is 3.18. The van der Waals surface area contributed by atoms with Gasteiger partial charge in [0.2, 0.25) is 0 Å². The zero-order valence-electron chi connectivity index (χ0n) is 18.1. The molecule has 0 radical (unpaired) electrons. The molecule has 0 bridgehead atoms. The number of ether oxygens (including phenoxy) is 2. The molecule has 31 heavy (non-hydrogen) atoms. The molecule has 0 fully saturated rings. The molecule has 2 aromatic carbocycles. The van der Waals surface area contributed by atoms with Crippen LogP contribution in [0.3, 0.4) is 0 Å². The molecule has 3 rings (SSSR count). The summed E-state index contributed by atoms with van der Waals surface area (Å²) in [6.07, 6.45) is 1.95. The van der Waals surface area contributed by atoms with Crippen LogP contribution in [0.15, 0.2) is 58.9 Å². The number of nitrogens with one attached hydrogen (secondary N) is 2. The molecule has 0 spiro atoms. The maximum absolute atomic E-state index is 5.37. The topological polar surface area (TPSA) is 67.8 Å². The number of guanidine groups is 1. The smallest absolute Gasteiger partial charge is 0.196 e. The Morgan fingerprint density at radius 1 is 1.03 bits per heavy atom. The van der Waals surface area contributed by atoms with E-state index in [1.54, 1.807) is 25.6 Å². The van der Waals surface area contributed by atoms with Gasteiger partial charge in [-0.1, -0.05) is 30.3 Å². The fraction of sp³-hybridized carbons (Fsp3) is 0.304. The Morgan fingerprint density at radius 3 is 2.52 bits per heavy atom. The van der Waals surface area contributed by atoms with Crippen molar-refractivity contribution in [3.8, 4) is 11.5 Å². The van der Waals surface area contributed by atoms with Gasteiger partial charge in [0, 0.05) is 30.1 Å². The Kier molecular flexibility index (Phi) is 10.6. The molecule has 0 unspecified atom stereocenters. The van der Waals surface area contributed by atoms with Crippen molar-refractivity contribution in [3.05, 3.63) is 70.2 Å². The highest BCUT2D eigenvalue weighted by molar-refractivity contribution is 14.0. The van der Waals surface area contributed by atoms with Gasteiger partial charge < -0.3 is 20.1 Å². The molecule has 1 heterocycles. The molecule has 0 aliphatic heterocycles. The SMILES string of the molecule is CCNC(=NCc1csc(CCc2ccccc2)n1)Nc1ccc(OC)c(OC)c1.I. The molecule has 0 saturated heterocycles. The van der Waals surface area contributed by atoms with E-state index >= 15 is 0 Å². The second-order valence-electron chi connectivity index (χ2n) is 6.61. The van der Waals surface area contributed by atoms with E-state index in [0.717, 1.165) is 35.8 Å². The lowest BCUT2D eigenvalue weighted by Gasteiger charge is -2.13. The number of methoxy groups -OCH3 is 2. The average molecular weight is 552 g/mol. The zero-order chi connectivity index (χ0) is 21.2. The van der Waals surface area contributed by atoms with Gasteiger partial charge in [-0.15, -0.1) is 35.3 Å². The van der Waals surface area contributed by atoms with Crippen molar-refractivity contribution < 1.29 is 9.47 Å². The fourth-order valence-electron chi connectivity index (χ4n) is 2.95. The van der Waals surface area contributed by atoms with Gasteiger partial charge in [0.15, 0.2) is 17.5 Å². The van der Waals surface area contributed by atoms with E-state index in [1.807, 2.05) is 31.2 Å². The Balaban J connectivity index is 0.00000341. The van der Waals surface area contributed by atoms with Crippen LogP contribution in [-0.2, 0) is 19.4 Å². The third-order valence-corrected chi connectivity index (χ3v) is 5.42. The minimum atomic E-state index is 0. The number of aliphatic imine (C=N–C) groups is 1. The number of hydrogen-bond acceptors (Lipinski definition) is 5. The Labute approximate surface area is 205 Å². The number of rotatable bonds is 9. The normalized spacial score (nSPS) is 10.9. The molecule has 1 aromatic heterocycles. The van der Waals surface area contributed by atoms with Gasteiger partial charge in [0.1, 0.15) is 0 Å². The Morgan fingerprint density at radius 2 is 1.81 bits per heavy atom. The fourth-order valence-corrected chi connectivity index (χ4v) is 3.74. The zero-order valence-corrected chi connectivity index (χ0v) is 21.2. The minimum Gasteiger partial charge on any atom is -0.493 e. The monoisotopic (exact) mass is 552 g/mol. The first-order valence-corrected chi connectivity index (χ1v) is 10.8. The molecule has 0 amide bonds. The number of aromatic nitrogens is 1. The number of anilines is 1. The van der Waals surface area contributed by atoms with Gasteiger partial charge in [-0.3, -0.25) is 0 Å². The summed E-state index contributed by atoms with van der Waals surface area (Å²) in [6.45, 7) is 3.32. The third kappa shape index (κ3) is 7.70. The molecule has 166 valence electrons. The van der Waals surface area contributed by atoms with Crippen molar-refractivity contribution in [2.45, 2.75) is 26.3 Å². The first-order chi connectivity index (χ1) is 14.7. The summed E-state index contributed by atoms with van der Waals surface area (Å²) in [5, 5.41) is 9.80. The van der Waals surface area contributed by atoms with E-state index in [9.17, 15) is 0 Å². The van der Waals surface area contributed by atoms with Gasteiger partial charge in [-0.2, -0.15) is 0 Å². The number of nitrogens with zero attached hydrogens (tertiary/aromatic N) is 2. The van der Waals surface area contributed by atoms with Crippen molar-refractivity contribution in [2.24, 2.45) is 4.99 Å². The largest absolute Gasteiger partial charge is 0.493 e. The summed E-state index contributed by atoms with van der Waals surface area (Å²) < 4.78 is 10.7. The van der Waals surface area contributed by atoms with Crippen LogP contribution in [0.4, 0.5) is 5.69 Å². The van der Waals surface area contributed by atoms with Gasteiger partial charge in [0.25, 0.3) is 0 Å². The minimum absolute atomic E-state index is 0. The van der Waals surface area contributed by atoms with Crippen LogP contribution in [-0.4, -0.2) is 31.7 Å². The highest BCUT2D eigenvalue weighted by Gasteiger charge is 2.07. The van der Waals surface area contributed by atoms with Crippen molar-refractivity contribution >= 4 is 47.0 Å². The van der Waals surface area contributed by atoms with Crippen LogP contribution in [0.1, 0.15) is 23.2 Å². The lowest BCUT2D eigenvalue weighted by atomic mass is 10.1. The van der Waals surface area contributed by atoms with Crippen LogP contribution in [0, 0.1) is 0 Å². The molecular weight excluding hydrogens is 523 g/mol. The van der Waals surface area contributed by atoms with Crippen molar-refractivity contribution in [2.75, 3.05) is 26.1 Å². The summed E-state index contributed by atoms with van der Waals surface area (Å²) in [5.74, 6) is 2.06. The quantitative estimate of drug-likeness (QED) is 0.219. The summed E-state index contributed by atoms with van der Waals surface area (Å²) in [7, 11) is 3.25. The first-order valence-electron chi connectivity index (χ1n) is 9.96. The molecule has 3 aromatic rings. The standard InChI is InChI=1S/C23H28N4O2S.HI/c1-4-24-23(27-18-11-12-20(28-2)21(14-18)29-3)25-15-19-16-30-22(26-19)13-10-17-8-6-5-7-9-17;/h5-9,11-12,14,16H,4,10,13,15H2,1-3H3,(H2,24,25,27);1H. The van der Waals surface area contributed by atoms with Crippen LogP contribution in [0.2, 0.25) is 0 Å². The van der Waals surface area contributed by atoms with Crippen molar-refractivity contribution in [3.63, 3.8) is 0 Å². The van der Waals surface area contributed by atoms with Crippen LogP contribution >= 0.6 is 35.3 Å². The van der Waals surface area contributed by atoms with E-state index in [0.29, 0.717) is 24.0 Å². The third-order valence-electron chi connectivity index (χ3n) is 4.46. The lowest BCUT2D eigenvalue weighted by Crippen LogP contribution is -2.30. The molecule has 6 nitrogen and oxygen atoms in total. The van der Waals surface area contributed by atoms with Gasteiger partial charge >= 0.3 is 0 Å². The van der Waals surface area contributed by atoms with Gasteiger partial charge in [-0.05, 0) is 31.0 Å². The van der Waals surface area contributed by atoms with Crippen molar-refractivity contribution in [1.29, 1.82) is 0 Å². The van der Waals surface area contributed by atoms with Crippen LogP contribution in [0.5, 0.6) is 11.5 Å². The summed E-state index contributed by atoms with van der Waals surface area (Å²) in [4.78, 5) is 9.41. The molecular formula is C23H29IN4O2S. The second kappa shape index (κ2) is 13.2. The Hall–Kier alpha value is -2.33. The number of benzene rings is 2. The highest BCUT2D eigenvalue weighted by atomic mass is 127. The number of halogens is 1. The van der Waals surface area contributed by atoms with Crippen LogP contribution in [0.25, 0.3) is 0 Å². The van der Waals surface area contributed by atoms with Gasteiger partial charge in [0.05, 0.1) is 31.5 Å². The van der Waals surface area contributed by atoms with E-state index < -0.39 is 0 Å². The second-order valence-corrected chi connectivity index (χ2v) is 7.55. The molecule has 0 aliphatic carbocycles. The number of aryl methyl sites for hydroxylation is 2. The average Bonchev–Trinajstić information content (AvgIpc) is 3.24. The first kappa shape index (κ1) is 24.9. The molecule has 0 saturated carbocycles. The van der Waals surface area contributed by atoms with E-state index in [1.165, 1.54) is 5.56 Å². The molecule has 0 aliphatic rings. The van der Waals surface area contributed by atoms with E-state index in [4.69, 9.17) is 14.5 Å².